The summed E-state index contributed by atoms with van der Waals surface area (Å²) in [6.45, 7) is 1.65. The summed E-state index contributed by atoms with van der Waals surface area (Å²) in [4.78, 5) is 0. The lowest BCUT2D eigenvalue weighted by molar-refractivity contribution is -0.240. The van der Waals surface area contributed by atoms with Crippen molar-refractivity contribution in [3.05, 3.63) is 0 Å². The molecule has 0 unspecified atom stereocenters. The summed E-state index contributed by atoms with van der Waals surface area (Å²) in [5.41, 5.74) is 0. The van der Waals surface area contributed by atoms with Crippen LogP contribution in [0.15, 0.2) is 0 Å². The molecule has 0 aromatic carbocycles. The average Bonchev–Trinajstić information content (AvgIpc) is 1.84. The molecule has 4 atom stereocenters. The zero-order chi connectivity index (χ0) is 7.72. The number of aliphatic hydroxyl groups is 3. The topological polar surface area (TPSA) is 69.9 Å². The van der Waals surface area contributed by atoms with Gasteiger partial charge < -0.3 is 20.1 Å². The number of aliphatic hydroxyl groups excluding tert-OH is 3. The van der Waals surface area contributed by atoms with E-state index in [2.05, 4.69) is 0 Å². The second kappa shape index (κ2) is 2.84. The van der Waals surface area contributed by atoms with E-state index in [0.717, 1.165) is 0 Å². The Balaban J connectivity index is 2.46. The molecule has 0 aromatic rings. The lowest BCUT2D eigenvalue weighted by atomic mass is 10.0. The van der Waals surface area contributed by atoms with Crippen LogP contribution in [0.3, 0.4) is 0 Å². The van der Waals surface area contributed by atoms with Crippen molar-refractivity contribution < 1.29 is 20.1 Å². The van der Waals surface area contributed by atoms with Crippen LogP contribution >= 0.6 is 0 Å². The highest BCUT2D eigenvalue weighted by Crippen LogP contribution is 2.17. The van der Waals surface area contributed by atoms with Crippen molar-refractivity contribution in [2.75, 3.05) is 0 Å². The Hall–Kier alpha value is -0.160. The first-order chi connectivity index (χ1) is 4.61. The minimum Gasteiger partial charge on any atom is -0.390 e. The standard InChI is InChI=1S/C6H12O4/c1-3-4(7)2-5(8)6(9)10-3/h3-9H,2H2,1H3/t3-,4+,5-,6+/m0/s1. The van der Waals surface area contributed by atoms with Crippen LogP contribution in [-0.2, 0) is 4.74 Å². The highest BCUT2D eigenvalue weighted by Gasteiger charge is 2.32. The van der Waals surface area contributed by atoms with Crippen molar-refractivity contribution in [1.29, 1.82) is 0 Å². The van der Waals surface area contributed by atoms with Crippen LogP contribution in [0.4, 0.5) is 0 Å². The fourth-order valence-corrected chi connectivity index (χ4v) is 0.957. The monoisotopic (exact) mass is 148 g/mol. The third kappa shape index (κ3) is 1.46. The van der Waals surface area contributed by atoms with E-state index in [0.29, 0.717) is 0 Å². The zero-order valence-corrected chi connectivity index (χ0v) is 5.77. The molecule has 0 saturated carbocycles. The summed E-state index contributed by atoms with van der Waals surface area (Å²) < 4.78 is 4.77. The fourth-order valence-electron chi connectivity index (χ4n) is 0.957. The molecule has 0 spiro atoms. The number of hydrogen-bond acceptors (Lipinski definition) is 4. The second-order valence-electron chi connectivity index (χ2n) is 2.60. The SMILES string of the molecule is C[C@@H]1O[C@@H](O)[C@@H](O)C[C@H]1O. The minimum atomic E-state index is -1.14. The Bertz CT molecular complexity index is 90.3. The Kier molecular flexibility index (Phi) is 2.25. The summed E-state index contributed by atoms with van der Waals surface area (Å²) in [6.07, 6.45) is -2.97. The summed E-state index contributed by atoms with van der Waals surface area (Å²) in [6, 6.07) is 0. The van der Waals surface area contributed by atoms with Gasteiger partial charge in [0.05, 0.1) is 12.2 Å². The van der Waals surface area contributed by atoms with Gasteiger partial charge in [-0.25, -0.2) is 0 Å². The van der Waals surface area contributed by atoms with Crippen molar-refractivity contribution >= 4 is 0 Å². The molecule has 0 amide bonds. The van der Waals surface area contributed by atoms with Crippen LogP contribution in [0.1, 0.15) is 13.3 Å². The molecule has 1 heterocycles. The quantitative estimate of drug-likeness (QED) is 0.405. The highest BCUT2D eigenvalue weighted by molar-refractivity contribution is 4.76. The van der Waals surface area contributed by atoms with Crippen LogP contribution in [0.25, 0.3) is 0 Å². The molecule has 1 aliphatic heterocycles. The van der Waals surface area contributed by atoms with E-state index in [1.54, 1.807) is 6.92 Å². The van der Waals surface area contributed by atoms with Crippen molar-refractivity contribution in [2.24, 2.45) is 0 Å². The van der Waals surface area contributed by atoms with Gasteiger partial charge in [-0.05, 0) is 6.92 Å². The maximum Gasteiger partial charge on any atom is 0.181 e. The van der Waals surface area contributed by atoms with Gasteiger partial charge in [0.2, 0.25) is 0 Å². The van der Waals surface area contributed by atoms with E-state index in [9.17, 15) is 0 Å². The Morgan fingerprint density at radius 3 is 2.30 bits per heavy atom. The number of rotatable bonds is 0. The van der Waals surface area contributed by atoms with Gasteiger partial charge >= 0.3 is 0 Å². The average molecular weight is 148 g/mol. The predicted octanol–water partition coefficient (Wildman–Crippen LogP) is -1.16. The number of ether oxygens (including phenoxy) is 1. The van der Waals surface area contributed by atoms with Gasteiger partial charge in [0.25, 0.3) is 0 Å². The Morgan fingerprint density at radius 2 is 1.80 bits per heavy atom. The van der Waals surface area contributed by atoms with Gasteiger partial charge in [-0.2, -0.15) is 0 Å². The largest absolute Gasteiger partial charge is 0.390 e. The van der Waals surface area contributed by atoms with Gasteiger partial charge in [0, 0.05) is 6.42 Å². The Labute approximate surface area is 59.1 Å². The summed E-state index contributed by atoms with van der Waals surface area (Å²) >= 11 is 0. The molecule has 0 aromatic heterocycles. The van der Waals surface area contributed by atoms with Crippen LogP contribution in [0.5, 0.6) is 0 Å². The van der Waals surface area contributed by atoms with E-state index < -0.39 is 24.6 Å². The van der Waals surface area contributed by atoms with Crippen LogP contribution in [0, 0.1) is 0 Å². The molecular weight excluding hydrogens is 136 g/mol. The van der Waals surface area contributed by atoms with Gasteiger partial charge in [0.15, 0.2) is 6.29 Å². The molecule has 1 fully saturated rings. The molecule has 0 bridgehead atoms. The predicted molar refractivity (Wildman–Crippen MR) is 33.2 cm³/mol. The first-order valence-corrected chi connectivity index (χ1v) is 3.31. The van der Waals surface area contributed by atoms with E-state index >= 15 is 0 Å². The van der Waals surface area contributed by atoms with Crippen LogP contribution < -0.4 is 0 Å². The number of hydrogen-bond donors (Lipinski definition) is 3. The van der Waals surface area contributed by atoms with Crippen molar-refractivity contribution in [3.8, 4) is 0 Å². The summed E-state index contributed by atoms with van der Waals surface area (Å²) in [5, 5.41) is 26.9. The first-order valence-electron chi connectivity index (χ1n) is 3.31. The summed E-state index contributed by atoms with van der Waals surface area (Å²) in [5.74, 6) is 0. The van der Waals surface area contributed by atoms with Crippen LogP contribution in [-0.4, -0.2) is 39.9 Å². The fraction of sp³-hybridized carbons (Fsp3) is 1.00. The zero-order valence-electron chi connectivity index (χ0n) is 5.77. The molecule has 0 aliphatic carbocycles. The van der Waals surface area contributed by atoms with Crippen LogP contribution in [0.2, 0.25) is 0 Å². The maximum absolute atomic E-state index is 9.07. The molecule has 60 valence electrons. The normalized spacial score (nSPS) is 49.2. The molecular formula is C6H12O4. The lowest BCUT2D eigenvalue weighted by Gasteiger charge is -2.32. The molecule has 1 rings (SSSR count). The molecule has 4 heteroatoms. The molecule has 1 aliphatic rings. The summed E-state index contributed by atoms with van der Waals surface area (Å²) in [7, 11) is 0. The van der Waals surface area contributed by atoms with E-state index in [1.165, 1.54) is 0 Å². The maximum atomic E-state index is 9.07. The van der Waals surface area contributed by atoms with Crippen molar-refractivity contribution in [3.63, 3.8) is 0 Å². The highest BCUT2D eigenvalue weighted by atomic mass is 16.6. The van der Waals surface area contributed by atoms with E-state index in [-0.39, 0.29) is 6.42 Å². The van der Waals surface area contributed by atoms with Gasteiger partial charge in [-0.15, -0.1) is 0 Å². The Morgan fingerprint density at radius 1 is 1.20 bits per heavy atom. The van der Waals surface area contributed by atoms with E-state index in [1.807, 2.05) is 0 Å². The third-order valence-electron chi connectivity index (χ3n) is 1.71. The van der Waals surface area contributed by atoms with Gasteiger partial charge in [0.1, 0.15) is 6.10 Å². The molecule has 4 nitrogen and oxygen atoms in total. The molecule has 0 radical (unpaired) electrons. The van der Waals surface area contributed by atoms with E-state index in [4.69, 9.17) is 20.1 Å². The lowest BCUT2D eigenvalue weighted by Crippen LogP contribution is -2.45. The van der Waals surface area contributed by atoms with Gasteiger partial charge in [-0.3, -0.25) is 0 Å². The van der Waals surface area contributed by atoms with Crippen molar-refractivity contribution in [2.45, 2.75) is 37.9 Å². The van der Waals surface area contributed by atoms with Crippen molar-refractivity contribution in [1.82, 2.24) is 0 Å². The second-order valence-corrected chi connectivity index (χ2v) is 2.60. The van der Waals surface area contributed by atoms with Gasteiger partial charge in [-0.1, -0.05) is 0 Å². The third-order valence-corrected chi connectivity index (χ3v) is 1.71. The minimum absolute atomic E-state index is 0.183. The smallest absolute Gasteiger partial charge is 0.181 e. The molecule has 10 heavy (non-hydrogen) atoms. The molecule has 1 saturated heterocycles. The molecule has 3 N–H and O–H groups in total. The first kappa shape index (κ1) is 7.94.